The second-order valence-electron chi connectivity index (χ2n) is 5.91. The number of carbonyl (C=O) groups is 2. The van der Waals surface area contributed by atoms with E-state index in [9.17, 15) is 14.7 Å². The number of hydrogen-bond acceptors (Lipinski definition) is 3. The third-order valence-corrected chi connectivity index (χ3v) is 2.72. The molecule has 5 heteroatoms. The number of phenolic OH excluding ortho intramolecular Hbond substituents is 1. The van der Waals surface area contributed by atoms with Crippen LogP contribution in [-0.2, 0) is 4.79 Å². The molecule has 1 aromatic rings. The van der Waals surface area contributed by atoms with E-state index in [1.54, 1.807) is 26.0 Å². The van der Waals surface area contributed by atoms with Gasteiger partial charge in [0.2, 0.25) is 5.91 Å². The van der Waals surface area contributed by atoms with Crippen molar-refractivity contribution >= 4 is 11.8 Å². The van der Waals surface area contributed by atoms with Crippen LogP contribution in [0.4, 0.5) is 0 Å². The van der Waals surface area contributed by atoms with Gasteiger partial charge in [-0.15, -0.1) is 0 Å². The Kier molecular flexibility index (Phi) is 4.76. The zero-order chi connectivity index (χ0) is 15.5. The molecule has 1 aromatic carbocycles. The van der Waals surface area contributed by atoms with E-state index >= 15 is 0 Å². The van der Waals surface area contributed by atoms with Gasteiger partial charge in [0.05, 0.1) is 5.56 Å². The summed E-state index contributed by atoms with van der Waals surface area (Å²) in [7, 11) is 0. The van der Waals surface area contributed by atoms with E-state index in [1.807, 2.05) is 20.8 Å². The molecule has 1 atom stereocenters. The van der Waals surface area contributed by atoms with E-state index in [-0.39, 0.29) is 22.8 Å². The van der Waals surface area contributed by atoms with E-state index < -0.39 is 11.9 Å². The minimum absolute atomic E-state index is 0.0616. The summed E-state index contributed by atoms with van der Waals surface area (Å²) in [6.45, 7) is 8.91. The van der Waals surface area contributed by atoms with Crippen LogP contribution in [0.5, 0.6) is 5.75 Å². The van der Waals surface area contributed by atoms with Crippen LogP contribution in [-0.4, -0.2) is 28.5 Å². The lowest BCUT2D eigenvalue weighted by Gasteiger charge is -2.23. The van der Waals surface area contributed by atoms with Gasteiger partial charge in [-0.25, -0.2) is 0 Å². The predicted octanol–water partition coefficient (Wildman–Crippen LogP) is 1.73. The van der Waals surface area contributed by atoms with Crippen LogP contribution >= 0.6 is 0 Å². The molecule has 0 aliphatic heterocycles. The maximum absolute atomic E-state index is 12.0. The number of phenols is 1. The average Bonchev–Trinajstić information content (AvgIpc) is 2.30. The Morgan fingerprint density at radius 2 is 1.85 bits per heavy atom. The lowest BCUT2D eigenvalue weighted by molar-refractivity contribution is -0.124. The Hall–Kier alpha value is -2.04. The SMILES string of the molecule is Cc1cccc(C(=O)NC(C)C(=O)NC(C)(C)C)c1O. The molecule has 0 radical (unpaired) electrons. The van der Waals surface area contributed by atoms with Gasteiger partial charge in [0.25, 0.3) is 5.91 Å². The molecule has 0 aliphatic rings. The normalized spacial score (nSPS) is 12.7. The molecule has 0 fully saturated rings. The van der Waals surface area contributed by atoms with Crippen molar-refractivity contribution in [3.8, 4) is 5.75 Å². The highest BCUT2D eigenvalue weighted by Gasteiger charge is 2.22. The molecule has 1 unspecified atom stereocenters. The third-order valence-electron chi connectivity index (χ3n) is 2.72. The van der Waals surface area contributed by atoms with Crippen LogP contribution in [0.1, 0.15) is 43.6 Å². The standard InChI is InChI=1S/C15H22N2O3/c1-9-7-6-8-11(12(9)18)14(20)16-10(2)13(19)17-15(3,4)5/h6-8,10,18H,1-5H3,(H,16,20)(H,17,19). The topological polar surface area (TPSA) is 78.4 Å². The Bertz CT molecular complexity index is 518. The summed E-state index contributed by atoms with van der Waals surface area (Å²) in [6, 6.07) is 4.24. The smallest absolute Gasteiger partial charge is 0.255 e. The van der Waals surface area contributed by atoms with E-state index in [0.29, 0.717) is 5.56 Å². The maximum Gasteiger partial charge on any atom is 0.255 e. The fourth-order valence-electron chi connectivity index (χ4n) is 1.66. The monoisotopic (exact) mass is 278 g/mol. The summed E-state index contributed by atoms with van der Waals surface area (Å²) in [4.78, 5) is 23.9. The number of aromatic hydroxyl groups is 1. The maximum atomic E-state index is 12.0. The molecular weight excluding hydrogens is 256 g/mol. The molecule has 0 heterocycles. The first-order chi connectivity index (χ1) is 9.11. The molecule has 0 aromatic heterocycles. The molecule has 0 saturated carbocycles. The molecular formula is C15H22N2O3. The Morgan fingerprint density at radius 3 is 2.40 bits per heavy atom. The Labute approximate surface area is 119 Å². The fraction of sp³-hybridized carbons (Fsp3) is 0.467. The van der Waals surface area contributed by atoms with Crippen LogP contribution in [0.25, 0.3) is 0 Å². The quantitative estimate of drug-likeness (QED) is 0.788. The first kappa shape index (κ1) is 16.0. The zero-order valence-corrected chi connectivity index (χ0v) is 12.6. The largest absolute Gasteiger partial charge is 0.507 e. The van der Waals surface area contributed by atoms with Gasteiger partial charge in [-0.2, -0.15) is 0 Å². The Morgan fingerprint density at radius 1 is 1.25 bits per heavy atom. The minimum atomic E-state index is -0.679. The van der Waals surface area contributed by atoms with Crippen LogP contribution in [0.15, 0.2) is 18.2 Å². The second kappa shape index (κ2) is 5.94. The highest BCUT2D eigenvalue weighted by Crippen LogP contribution is 2.21. The number of carbonyl (C=O) groups excluding carboxylic acids is 2. The molecule has 1 rings (SSSR count). The Balaban J connectivity index is 2.76. The third kappa shape index (κ3) is 4.26. The predicted molar refractivity (Wildman–Crippen MR) is 77.7 cm³/mol. The molecule has 5 nitrogen and oxygen atoms in total. The van der Waals surface area contributed by atoms with Gasteiger partial charge < -0.3 is 15.7 Å². The summed E-state index contributed by atoms with van der Waals surface area (Å²) in [6.07, 6.45) is 0. The molecule has 0 bridgehead atoms. The summed E-state index contributed by atoms with van der Waals surface area (Å²) < 4.78 is 0. The fourth-order valence-corrected chi connectivity index (χ4v) is 1.66. The number of hydrogen-bond donors (Lipinski definition) is 3. The van der Waals surface area contributed by atoms with Gasteiger partial charge in [-0.3, -0.25) is 9.59 Å². The lowest BCUT2D eigenvalue weighted by Crippen LogP contribution is -2.50. The van der Waals surface area contributed by atoms with Crippen molar-refractivity contribution in [1.29, 1.82) is 0 Å². The van der Waals surface area contributed by atoms with E-state index in [1.165, 1.54) is 6.07 Å². The number of para-hydroxylation sites is 1. The van der Waals surface area contributed by atoms with Gasteiger partial charge in [0.1, 0.15) is 11.8 Å². The van der Waals surface area contributed by atoms with Crippen molar-refractivity contribution in [2.45, 2.75) is 46.2 Å². The highest BCUT2D eigenvalue weighted by atomic mass is 16.3. The summed E-state index contributed by atoms with van der Waals surface area (Å²) in [5.74, 6) is -0.797. The van der Waals surface area contributed by atoms with Crippen molar-refractivity contribution in [1.82, 2.24) is 10.6 Å². The molecule has 20 heavy (non-hydrogen) atoms. The van der Waals surface area contributed by atoms with Gasteiger partial charge in [0, 0.05) is 5.54 Å². The summed E-state index contributed by atoms with van der Waals surface area (Å²) in [5, 5.41) is 15.2. The highest BCUT2D eigenvalue weighted by molar-refractivity contribution is 5.99. The van der Waals surface area contributed by atoms with Gasteiger partial charge in [0.15, 0.2) is 0 Å². The number of aryl methyl sites for hydroxylation is 1. The van der Waals surface area contributed by atoms with Crippen molar-refractivity contribution in [2.75, 3.05) is 0 Å². The first-order valence-corrected chi connectivity index (χ1v) is 6.53. The van der Waals surface area contributed by atoms with E-state index in [0.717, 1.165) is 0 Å². The average molecular weight is 278 g/mol. The van der Waals surface area contributed by atoms with Crippen molar-refractivity contribution in [2.24, 2.45) is 0 Å². The molecule has 0 saturated heterocycles. The number of amides is 2. The van der Waals surface area contributed by atoms with Crippen LogP contribution < -0.4 is 10.6 Å². The van der Waals surface area contributed by atoms with E-state index in [4.69, 9.17) is 0 Å². The summed E-state index contributed by atoms with van der Waals surface area (Å²) in [5.41, 5.74) is 0.423. The van der Waals surface area contributed by atoms with Crippen molar-refractivity contribution in [3.05, 3.63) is 29.3 Å². The second-order valence-corrected chi connectivity index (χ2v) is 5.91. The van der Waals surface area contributed by atoms with Crippen LogP contribution in [0.3, 0.4) is 0 Å². The van der Waals surface area contributed by atoms with Crippen molar-refractivity contribution in [3.63, 3.8) is 0 Å². The first-order valence-electron chi connectivity index (χ1n) is 6.53. The number of nitrogens with one attached hydrogen (secondary N) is 2. The van der Waals surface area contributed by atoms with Crippen LogP contribution in [0.2, 0.25) is 0 Å². The minimum Gasteiger partial charge on any atom is -0.507 e. The van der Waals surface area contributed by atoms with E-state index in [2.05, 4.69) is 10.6 Å². The van der Waals surface area contributed by atoms with Crippen LogP contribution in [0, 0.1) is 6.92 Å². The lowest BCUT2D eigenvalue weighted by atomic mass is 10.1. The number of rotatable bonds is 3. The van der Waals surface area contributed by atoms with Crippen molar-refractivity contribution < 1.29 is 14.7 Å². The molecule has 0 spiro atoms. The summed E-state index contributed by atoms with van der Waals surface area (Å²) >= 11 is 0. The van der Waals surface area contributed by atoms with Gasteiger partial charge in [-0.1, -0.05) is 12.1 Å². The van der Waals surface area contributed by atoms with Gasteiger partial charge in [-0.05, 0) is 46.2 Å². The molecule has 0 aliphatic carbocycles. The molecule has 3 N–H and O–H groups in total. The van der Waals surface area contributed by atoms with Gasteiger partial charge >= 0.3 is 0 Å². The molecule has 110 valence electrons. The molecule has 2 amide bonds. The zero-order valence-electron chi connectivity index (χ0n) is 12.6. The number of benzene rings is 1.